The van der Waals surface area contributed by atoms with Gasteiger partial charge in [-0.05, 0) is 37.0 Å². The van der Waals surface area contributed by atoms with E-state index in [9.17, 15) is 8.78 Å². The van der Waals surface area contributed by atoms with Gasteiger partial charge >= 0.3 is 0 Å². The van der Waals surface area contributed by atoms with Crippen molar-refractivity contribution in [2.24, 2.45) is 5.92 Å². The van der Waals surface area contributed by atoms with E-state index in [1.54, 1.807) is 37.5 Å². The maximum Gasteiger partial charge on any atom is 0.192 e. The summed E-state index contributed by atoms with van der Waals surface area (Å²) in [6.07, 6.45) is 3.93. The van der Waals surface area contributed by atoms with Gasteiger partial charge in [0, 0.05) is 25.2 Å². The summed E-state index contributed by atoms with van der Waals surface area (Å²) in [7, 11) is 0. The molecule has 0 atom stereocenters. The Kier molecular flexibility index (Phi) is 3.25. The molecule has 5 rings (SSSR count). The fourth-order valence-electron chi connectivity index (χ4n) is 3.22. The maximum absolute atomic E-state index is 14.5. The third kappa shape index (κ3) is 2.51. The maximum atomic E-state index is 14.5. The molecule has 1 aliphatic carbocycles. The molecule has 0 spiro atoms. The first-order chi connectivity index (χ1) is 12.6. The van der Waals surface area contributed by atoms with Crippen molar-refractivity contribution >= 4 is 33.5 Å². The molecule has 0 unspecified atom stereocenters. The van der Waals surface area contributed by atoms with Gasteiger partial charge in [0.05, 0.1) is 17.5 Å². The second kappa shape index (κ2) is 5.52. The van der Waals surface area contributed by atoms with Crippen LogP contribution in [0.15, 0.2) is 35.0 Å². The predicted molar refractivity (Wildman–Crippen MR) is 94.4 cm³/mol. The standard InChI is InChI=1S/C19H16F2N4O/c1-10-23-13-5-4-12(6-16(13)26-10)24-14-7-15-19(18(21)17(14)20)22-9-25(15)8-11-2-3-11/h4-7,9,11,24H,2-3,8H2,1H3. The van der Waals surface area contributed by atoms with Gasteiger partial charge in [0.1, 0.15) is 11.0 Å². The molecule has 1 fully saturated rings. The average Bonchev–Trinajstić information content (AvgIpc) is 3.22. The van der Waals surface area contributed by atoms with E-state index in [-0.39, 0.29) is 11.2 Å². The normalized spacial score (nSPS) is 14.4. The third-order valence-corrected chi connectivity index (χ3v) is 4.72. The fourth-order valence-corrected chi connectivity index (χ4v) is 3.22. The van der Waals surface area contributed by atoms with Crippen LogP contribution in [-0.2, 0) is 6.54 Å². The number of hydrogen-bond donors (Lipinski definition) is 1. The highest BCUT2D eigenvalue weighted by molar-refractivity contribution is 5.84. The second-order valence-electron chi connectivity index (χ2n) is 6.80. The van der Waals surface area contributed by atoms with Crippen LogP contribution in [0, 0.1) is 24.5 Å². The van der Waals surface area contributed by atoms with Crippen LogP contribution in [0.3, 0.4) is 0 Å². The lowest BCUT2D eigenvalue weighted by atomic mass is 10.2. The van der Waals surface area contributed by atoms with E-state index >= 15 is 0 Å². The predicted octanol–water partition coefficient (Wildman–Crippen LogP) is 4.92. The zero-order valence-corrected chi connectivity index (χ0v) is 14.1. The number of rotatable bonds is 4. The van der Waals surface area contributed by atoms with Crippen LogP contribution in [0.5, 0.6) is 0 Å². The molecular weight excluding hydrogens is 338 g/mol. The molecule has 0 aliphatic heterocycles. The van der Waals surface area contributed by atoms with Crippen molar-refractivity contribution in [2.75, 3.05) is 5.32 Å². The van der Waals surface area contributed by atoms with Crippen molar-refractivity contribution in [1.29, 1.82) is 0 Å². The summed E-state index contributed by atoms with van der Waals surface area (Å²) >= 11 is 0. The van der Waals surface area contributed by atoms with Gasteiger partial charge in [-0.25, -0.2) is 18.7 Å². The molecule has 4 aromatic rings. The molecule has 5 nitrogen and oxygen atoms in total. The number of aryl methyl sites for hydroxylation is 1. The SMILES string of the molecule is Cc1nc2ccc(Nc3cc4c(ncn4CC4CC4)c(F)c3F)cc2o1. The number of hydrogen-bond acceptors (Lipinski definition) is 4. The molecule has 0 bridgehead atoms. The van der Waals surface area contributed by atoms with Crippen LogP contribution in [0.1, 0.15) is 18.7 Å². The molecular formula is C19H16F2N4O. The third-order valence-electron chi connectivity index (χ3n) is 4.72. The summed E-state index contributed by atoms with van der Waals surface area (Å²) in [4.78, 5) is 8.28. The zero-order chi connectivity index (χ0) is 17.8. The Hall–Kier alpha value is -2.96. The molecule has 2 heterocycles. The van der Waals surface area contributed by atoms with Crippen LogP contribution in [0.25, 0.3) is 22.1 Å². The summed E-state index contributed by atoms with van der Waals surface area (Å²) in [5.41, 5.74) is 2.64. The number of oxazole rings is 1. The Morgan fingerprint density at radius 2 is 2.08 bits per heavy atom. The highest BCUT2D eigenvalue weighted by Gasteiger charge is 2.24. The lowest BCUT2D eigenvalue weighted by Gasteiger charge is -2.10. The van der Waals surface area contributed by atoms with E-state index in [2.05, 4.69) is 15.3 Å². The second-order valence-corrected chi connectivity index (χ2v) is 6.80. The lowest BCUT2D eigenvalue weighted by Crippen LogP contribution is -2.01. The quantitative estimate of drug-likeness (QED) is 0.565. The van der Waals surface area contributed by atoms with E-state index in [0.29, 0.717) is 28.6 Å². The number of aromatic nitrogens is 3. The summed E-state index contributed by atoms with van der Waals surface area (Å²) in [5.74, 6) is -0.715. The van der Waals surface area contributed by atoms with E-state index in [4.69, 9.17) is 4.42 Å². The molecule has 26 heavy (non-hydrogen) atoms. The van der Waals surface area contributed by atoms with Gasteiger partial charge in [-0.15, -0.1) is 0 Å². The van der Waals surface area contributed by atoms with Crippen LogP contribution in [0.2, 0.25) is 0 Å². The molecule has 0 amide bonds. The van der Waals surface area contributed by atoms with Crippen molar-refractivity contribution < 1.29 is 13.2 Å². The van der Waals surface area contributed by atoms with E-state index in [1.807, 2.05) is 4.57 Å². The first-order valence-electron chi connectivity index (χ1n) is 8.55. The number of halogens is 2. The van der Waals surface area contributed by atoms with E-state index < -0.39 is 11.6 Å². The number of fused-ring (bicyclic) bond motifs is 2. The molecule has 132 valence electrons. The van der Waals surface area contributed by atoms with E-state index in [0.717, 1.165) is 12.1 Å². The Labute approximate surface area is 147 Å². The van der Waals surface area contributed by atoms with Crippen LogP contribution in [-0.4, -0.2) is 14.5 Å². The first-order valence-corrected chi connectivity index (χ1v) is 8.55. The number of imidazole rings is 1. The molecule has 0 saturated heterocycles. The Balaban J connectivity index is 1.56. The van der Waals surface area contributed by atoms with Crippen molar-refractivity contribution in [3.8, 4) is 0 Å². The molecule has 7 heteroatoms. The highest BCUT2D eigenvalue weighted by atomic mass is 19.2. The van der Waals surface area contributed by atoms with E-state index in [1.165, 1.54) is 12.8 Å². The van der Waals surface area contributed by atoms with Gasteiger partial charge in [-0.1, -0.05) is 0 Å². The average molecular weight is 354 g/mol. The topological polar surface area (TPSA) is 55.9 Å². The Bertz CT molecular complexity index is 1140. The smallest absolute Gasteiger partial charge is 0.192 e. The fraction of sp³-hybridized carbons (Fsp3) is 0.263. The monoisotopic (exact) mass is 354 g/mol. The van der Waals surface area contributed by atoms with Gasteiger partial charge in [0.15, 0.2) is 23.1 Å². The number of nitrogens with one attached hydrogen (secondary N) is 1. The summed E-state index contributed by atoms with van der Waals surface area (Å²) in [6, 6.07) is 6.86. The van der Waals surface area contributed by atoms with Crippen LogP contribution < -0.4 is 5.32 Å². The number of anilines is 2. The molecule has 1 saturated carbocycles. The molecule has 2 aromatic carbocycles. The highest BCUT2D eigenvalue weighted by Crippen LogP contribution is 2.34. The minimum atomic E-state index is -0.942. The van der Waals surface area contributed by atoms with Gasteiger partial charge in [0.25, 0.3) is 0 Å². The van der Waals surface area contributed by atoms with Gasteiger partial charge in [-0.2, -0.15) is 0 Å². The summed E-state index contributed by atoms with van der Waals surface area (Å²) < 4.78 is 36.3. The number of nitrogens with zero attached hydrogens (tertiary/aromatic N) is 3. The molecule has 2 aromatic heterocycles. The first kappa shape index (κ1) is 15.3. The molecule has 1 aliphatic rings. The largest absolute Gasteiger partial charge is 0.441 e. The zero-order valence-electron chi connectivity index (χ0n) is 14.1. The molecule has 1 N–H and O–H groups in total. The van der Waals surface area contributed by atoms with Crippen molar-refractivity contribution in [3.63, 3.8) is 0 Å². The van der Waals surface area contributed by atoms with Crippen LogP contribution >= 0.6 is 0 Å². The van der Waals surface area contributed by atoms with Crippen molar-refractivity contribution in [1.82, 2.24) is 14.5 Å². The lowest BCUT2D eigenvalue weighted by molar-refractivity contribution is 0.518. The summed E-state index contributed by atoms with van der Waals surface area (Å²) in [6.45, 7) is 2.54. The Morgan fingerprint density at radius 3 is 2.88 bits per heavy atom. The van der Waals surface area contributed by atoms with Gasteiger partial charge in [-0.3, -0.25) is 0 Å². The molecule has 0 radical (unpaired) electrons. The van der Waals surface area contributed by atoms with Crippen molar-refractivity contribution in [2.45, 2.75) is 26.3 Å². The minimum Gasteiger partial charge on any atom is -0.441 e. The number of benzene rings is 2. The van der Waals surface area contributed by atoms with Crippen LogP contribution in [0.4, 0.5) is 20.2 Å². The van der Waals surface area contributed by atoms with Gasteiger partial charge < -0.3 is 14.3 Å². The Morgan fingerprint density at radius 1 is 1.23 bits per heavy atom. The minimum absolute atomic E-state index is 0.0648. The van der Waals surface area contributed by atoms with Gasteiger partial charge in [0.2, 0.25) is 0 Å². The van der Waals surface area contributed by atoms with Crippen molar-refractivity contribution in [3.05, 3.63) is 48.1 Å². The summed E-state index contributed by atoms with van der Waals surface area (Å²) in [5, 5.41) is 2.95.